The molecule has 4 aromatic heterocycles. The second-order valence-corrected chi connectivity index (χ2v) is 17.1. The summed E-state index contributed by atoms with van der Waals surface area (Å²) in [6.45, 7) is 6.15. The van der Waals surface area contributed by atoms with E-state index < -0.39 is 22.1 Å². The summed E-state index contributed by atoms with van der Waals surface area (Å²) in [5.41, 5.74) is 14.2. The van der Waals surface area contributed by atoms with Gasteiger partial charge >= 0.3 is 16.5 Å². The van der Waals surface area contributed by atoms with E-state index in [0.717, 1.165) is 55.4 Å². The van der Waals surface area contributed by atoms with Gasteiger partial charge in [0.15, 0.2) is 10.1 Å². The second kappa shape index (κ2) is 18.0. The molecule has 0 unspecified atom stereocenters. The number of benzene rings is 4. The monoisotopic (exact) mass is 909 g/mol. The molecule has 0 bridgehead atoms. The number of carbonyl (C=O) groups excluding carboxylic acids is 2. The van der Waals surface area contributed by atoms with Gasteiger partial charge in [-0.15, -0.1) is 10.2 Å². The number of ether oxygens (including phenoxy) is 1. The Kier molecular flexibility index (Phi) is 12.6. The van der Waals surface area contributed by atoms with Gasteiger partial charge in [0.1, 0.15) is 11.1 Å². The lowest BCUT2D eigenvalue weighted by Gasteiger charge is -2.19. The summed E-state index contributed by atoms with van der Waals surface area (Å²) in [5.74, 6) is -0.363. The third kappa shape index (κ3) is 10.8. The Morgan fingerprint density at radius 2 is 1.54 bits per heavy atom. The summed E-state index contributed by atoms with van der Waals surface area (Å²) in [7, 11) is -0.814. The maximum absolute atomic E-state index is 12.6. The molecule has 1 aliphatic heterocycles. The van der Waals surface area contributed by atoms with Crippen molar-refractivity contribution < 1.29 is 31.8 Å². The molecule has 0 spiro atoms. The second-order valence-electron chi connectivity index (χ2n) is 14.8. The standard InChI is InChI=1S/C22H23N7O3S.C18H14N6S.H2O4S/c1-22(2,3)32-21(31)29-16-9-8-14(10-13(16)11-24-29)25-20(33)27-26-19(30)15-6-5-7-17-18(15)23-12-28(17)4;1-24-10-20-16-14(3-2-4-15(16)24)17-22-23-18(25-17)21-13-6-5-11-8-19-9-12(11)7-13;1-5(2,3)4/h5-12H,1-4H3,(H,26,30)(H2,25,27,33);2-7,9-10H,8H2,1H3,(H,21,23);(H2,1,2,3,4). The quantitative estimate of drug-likeness (QED) is 0.0616. The molecule has 4 aromatic carbocycles. The van der Waals surface area contributed by atoms with Crippen LogP contribution in [0, 0.1) is 0 Å². The summed E-state index contributed by atoms with van der Waals surface area (Å²) in [5, 5.41) is 21.6. The average molecular weight is 910 g/mol. The average Bonchev–Trinajstić information content (AvgIpc) is 4.08. The fraction of sp³-hybridized carbons (Fsp3) is 0.175. The number of hydrogen-bond acceptors (Lipinski definition) is 14. The first-order chi connectivity index (χ1) is 29.9. The van der Waals surface area contributed by atoms with Crippen LogP contribution in [0.5, 0.6) is 0 Å². The highest BCUT2D eigenvalue weighted by molar-refractivity contribution is 7.80. The molecule has 0 saturated heterocycles. The van der Waals surface area contributed by atoms with E-state index >= 15 is 0 Å². The first-order valence-corrected chi connectivity index (χ1v) is 21.3. The van der Waals surface area contributed by atoms with Crippen molar-refractivity contribution in [3.05, 3.63) is 108 Å². The van der Waals surface area contributed by atoms with Gasteiger partial charge in [0.25, 0.3) is 5.91 Å². The third-order valence-electron chi connectivity index (χ3n) is 8.98. The molecule has 1 amide bonds. The van der Waals surface area contributed by atoms with E-state index in [1.165, 1.54) is 21.6 Å². The van der Waals surface area contributed by atoms with Crippen molar-refractivity contribution in [2.75, 3.05) is 10.6 Å². The summed E-state index contributed by atoms with van der Waals surface area (Å²) >= 11 is 6.80. The van der Waals surface area contributed by atoms with Gasteiger partial charge in [-0.1, -0.05) is 29.5 Å². The maximum atomic E-state index is 12.6. The Morgan fingerprint density at radius 1 is 0.857 bits per heavy atom. The highest BCUT2D eigenvalue weighted by atomic mass is 32.3. The molecule has 9 rings (SSSR count). The highest BCUT2D eigenvalue weighted by Crippen LogP contribution is 2.33. The molecule has 0 aliphatic carbocycles. The zero-order valence-corrected chi connectivity index (χ0v) is 36.6. The number of hydrogen-bond donors (Lipinski definition) is 6. The number of hydrazine groups is 1. The predicted molar refractivity (Wildman–Crippen MR) is 244 cm³/mol. The molecule has 1 aliphatic rings. The van der Waals surface area contributed by atoms with Crippen molar-refractivity contribution >= 4 is 107 Å². The lowest BCUT2D eigenvalue weighted by molar-refractivity contribution is 0.0522. The van der Waals surface area contributed by atoms with Gasteiger partial charge in [0.05, 0.1) is 53.0 Å². The van der Waals surface area contributed by atoms with Crippen LogP contribution in [-0.4, -0.2) is 85.5 Å². The number of amides is 1. The first kappa shape index (κ1) is 43.9. The van der Waals surface area contributed by atoms with Crippen molar-refractivity contribution in [2.45, 2.75) is 32.9 Å². The molecular weight excluding hydrogens is 871 g/mol. The lowest BCUT2D eigenvalue weighted by atomic mass is 10.1. The normalized spacial score (nSPS) is 11.9. The Bertz CT molecular complexity index is 3160. The van der Waals surface area contributed by atoms with Crippen molar-refractivity contribution in [1.29, 1.82) is 0 Å². The van der Waals surface area contributed by atoms with Gasteiger partial charge < -0.3 is 24.5 Å². The smallest absolute Gasteiger partial charge is 0.435 e. The van der Waals surface area contributed by atoms with Crippen molar-refractivity contribution in [3.8, 4) is 10.6 Å². The van der Waals surface area contributed by atoms with Crippen molar-refractivity contribution in [1.82, 2.24) is 49.9 Å². The van der Waals surface area contributed by atoms with Crippen LogP contribution in [0.25, 0.3) is 43.5 Å². The fourth-order valence-corrected chi connectivity index (χ4v) is 7.22. The van der Waals surface area contributed by atoms with Crippen LogP contribution in [0.3, 0.4) is 0 Å². The maximum Gasteiger partial charge on any atom is 0.435 e. The SMILES string of the molecule is Cn1cnc2c(-c3nnc(Nc4ccc5c(c4)C=NC5)s3)cccc21.Cn1cnc2c(C(=O)NNC(=S)Nc3ccc4c(cnn4C(=O)OC(C)(C)C)c3)cccc21.O=S(=O)(O)O. The minimum absolute atomic E-state index is 0.190. The van der Waals surface area contributed by atoms with Crippen LogP contribution in [0.1, 0.15) is 42.3 Å². The Labute approximate surface area is 368 Å². The molecule has 0 fully saturated rings. The third-order valence-corrected chi connectivity index (χ3v) is 10.1. The molecule has 20 nitrogen and oxygen atoms in total. The number of para-hydroxylation sites is 2. The molecule has 8 aromatic rings. The van der Waals surface area contributed by atoms with Gasteiger partial charge in [0.2, 0.25) is 5.13 Å². The van der Waals surface area contributed by atoms with Gasteiger partial charge in [-0.3, -0.25) is 29.7 Å². The Balaban J connectivity index is 0.000000175. The minimum atomic E-state index is -4.67. The van der Waals surface area contributed by atoms with E-state index in [9.17, 15) is 9.59 Å². The van der Waals surface area contributed by atoms with Crippen LogP contribution in [0.2, 0.25) is 0 Å². The van der Waals surface area contributed by atoms with Crippen LogP contribution >= 0.6 is 23.6 Å². The number of anilines is 3. The summed E-state index contributed by atoms with van der Waals surface area (Å²) in [6, 6.07) is 23.0. The number of aliphatic imine (C=N–C) groups is 1. The van der Waals surface area contributed by atoms with E-state index in [2.05, 4.69) is 69.9 Å². The molecular formula is C40H39N13O7S3. The van der Waals surface area contributed by atoms with Crippen LogP contribution < -0.4 is 21.5 Å². The molecule has 324 valence electrons. The highest BCUT2D eigenvalue weighted by Gasteiger charge is 2.21. The number of aromatic nitrogens is 8. The molecule has 23 heteroatoms. The van der Waals surface area contributed by atoms with E-state index in [1.54, 1.807) is 63.6 Å². The summed E-state index contributed by atoms with van der Waals surface area (Å²) < 4.78 is 42.0. The first-order valence-electron chi connectivity index (χ1n) is 18.7. The minimum Gasteiger partial charge on any atom is -0.442 e. The lowest BCUT2D eigenvalue weighted by Crippen LogP contribution is -2.43. The molecule has 63 heavy (non-hydrogen) atoms. The topological polar surface area (TPSA) is 258 Å². The van der Waals surface area contributed by atoms with Gasteiger partial charge in [-0.25, -0.2) is 14.8 Å². The zero-order chi connectivity index (χ0) is 45.1. The predicted octanol–water partition coefficient (Wildman–Crippen LogP) is 6.45. The summed E-state index contributed by atoms with van der Waals surface area (Å²) in [4.78, 5) is 38.0. The van der Waals surface area contributed by atoms with E-state index in [4.69, 9.17) is 34.5 Å². The van der Waals surface area contributed by atoms with E-state index in [-0.39, 0.29) is 11.0 Å². The molecule has 0 radical (unpaired) electrons. The number of thiocarbonyl (C=S) groups is 1. The number of nitrogens with one attached hydrogen (secondary N) is 4. The molecule has 5 heterocycles. The van der Waals surface area contributed by atoms with Crippen LogP contribution in [-0.2, 0) is 35.8 Å². The van der Waals surface area contributed by atoms with Crippen molar-refractivity contribution in [2.24, 2.45) is 19.1 Å². The largest absolute Gasteiger partial charge is 0.442 e. The number of nitrogens with zero attached hydrogens (tertiary/aromatic N) is 9. The van der Waals surface area contributed by atoms with Gasteiger partial charge in [-0.2, -0.15) is 18.2 Å². The number of carbonyl (C=O) groups is 2. The van der Waals surface area contributed by atoms with Gasteiger partial charge in [0, 0.05) is 42.6 Å². The molecule has 6 N–H and O–H groups in total. The zero-order valence-electron chi connectivity index (χ0n) is 34.1. The van der Waals surface area contributed by atoms with E-state index in [0.29, 0.717) is 22.3 Å². The number of aryl methyl sites for hydroxylation is 2. The van der Waals surface area contributed by atoms with Crippen LogP contribution in [0.15, 0.2) is 96.6 Å². The van der Waals surface area contributed by atoms with Gasteiger partial charge in [-0.05, 0) is 98.7 Å². The van der Waals surface area contributed by atoms with Crippen molar-refractivity contribution in [3.63, 3.8) is 0 Å². The van der Waals surface area contributed by atoms with Crippen LogP contribution in [0.4, 0.5) is 21.3 Å². The molecule has 0 atom stereocenters. The fourth-order valence-electron chi connectivity index (χ4n) is 6.26. The number of imidazole rings is 2. The Hall–Kier alpha value is -7.18. The summed E-state index contributed by atoms with van der Waals surface area (Å²) in [6.07, 6.45) is 6.40. The van der Waals surface area contributed by atoms with E-state index in [1.807, 2.05) is 60.0 Å². The molecule has 0 saturated carbocycles. The number of fused-ring (bicyclic) bond motifs is 4. The number of rotatable bonds is 5. The Morgan fingerprint density at radius 3 is 2.27 bits per heavy atom.